The van der Waals surface area contributed by atoms with Gasteiger partial charge in [0.25, 0.3) is 0 Å². The van der Waals surface area contributed by atoms with Crippen LogP contribution in [-0.2, 0) is 0 Å². The van der Waals surface area contributed by atoms with Crippen molar-refractivity contribution in [3.63, 3.8) is 0 Å². The van der Waals surface area contributed by atoms with Crippen molar-refractivity contribution in [3.8, 4) is 55.9 Å². The molecule has 0 unspecified atom stereocenters. The first kappa shape index (κ1) is 29.4. The third-order valence-corrected chi connectivity index (χ3v) is 11.6. The Bertz CT molecular complexity index is 3310. The third-order valence-electron chi connectivity index (χ3n) is 11.6. The molecule has 11 aromatic rings. The van der Waals surface area contributed by atoms with E-state index in [1.165, 1.54) is 105 Å². The highest BCUT2D eigenvalue weighted by Crippen LogP contribution is 2.49. The fourth-order valence-electron chi connectivity index (χ4n) is 9.17. The second kappa shape index (κ2) is 11.2. The first-order valence-corrected chi connectivity index (χ1v) is 18.7. The van der Waals surface area contributed by atoms with Crippen LogP contribution in [-0.4, -0.2) is 9.13 Å². The van der Waals surface area contributed by atoms with E-state index in [2.05, 4.69) is 203 Å². The van der Waals surface area contributed by atoms with E-state index >= 15 is 0 Å². The van der Waals surface area contributed by atoms with Crippen LogP contribution in [0.3, 0.4) is 0 Å². The normalized spacial score (nSPS) is 12.1. The second-order valence-electron chi connectivity index (χ2n) is 14.5. The maximum Gasteiger partial charge on any atom is 0.0620 e. The SMILES string of the molecule is c1ccc(-c2ccc(-n3c4ccccc4c4cc(-c5cc6c7c(c5)c5ccccc5n7-c5cc7ccccc7cc5-c5ccccc5-6)ccc43)cc2)cc1. The molecule has 54 heavy (non-hydrogen) atoms. The summed E-state index contributed by atoms with van der Waals surface area (Å²) in [5, 5.41) is 7.55. The molecular weight excluding hydrogens is 653 g/mol. The van der Waals surface area contributed by atoms with Crippen molar-refractivity contribution in [1.29, 1.82) is 0 Å². The minimum absolute atomic E-state index is 1.16. The number of hydrogen-bond donors (Lipinski definition) is 0. The van der Waals surface area contributed by atoms with Gasteiger partial charge in [-0.25, -0.2) is 0 Å². The Morgan fingerprint density at radius 1 is 0.278 bits per heavy atom. The van der Waals surface area contributed by atoms with E-state index in [1.807, 2.05) is 0 Å². The Kier molecular flexibility index (Phi) is 6.09. The van der Waals surface area contributed by atoms with Crippen molar-refractivity contribution >= 4 is 54.4 Å². The van der Waals surface area contributed by atoms with Gasteiger partial charge < -0.3 is 9.13 Å². The standard InChI is InChI=1S/C52H32N2/c1-2-12-33(13-3-1)34-22-25-39(26-23-34)53-48-20-10-8-18-42(48)45-29-37(24-27-50(45)53)38-30-46-41-17-7-6-16-40(41)44-28-35-14-4-5-15-36(35)32-51(44)54-49-21-11-9-19-43(49)47(31-38)52(46)54/h1-32H. The molecule has 3 heterocycles. The maximum atomic E-state index is 2.52. The summed E-state index contributed by atoms with van der Waals surface area (Å²) in [6.07, 6.45) is 0. The molecule has 2 heteroatoms. The van der Waals surface area contributed by atoms with Crippen LogP contribution in [0, 0.1) is 0 Å². The van der Waals surface area contributed by atoms with E-state index in [0.717, 1.165) is 5.69 Å². The van der Waals surface area contributed by atoms with Crippen molar-refractivity contribution in [2.75, 3.05) is 0 Å². The molecule has 12 rings (SSSR count). The highest BCUT2D eigenvalue weighted by molar-refractivity contribution is 6.19. The first-order chi connectivity index (χ1) is 26.8. The molecule has 0 bridgehead atoms. The molecule has 0 spiro atoms. The summed E-state index contributed by atoms with van der Waals surface area (Å²) in [5.41, 5.74) is 17.2. The maximum absolute atomic E-state index is 2.52. The van der Waals surface area contributed by atoms with Gasteiger partial charge in [-0.15, -0.1) is 0 Å². The zero-order chi connectivity index (χ0) is 35.3. The van der Waals surface area contributed by atoms with Crippen molar-refractivity contribution in [2.45, 2.75) is 0 Å². The minimum Gasteiger partial charge on any atom is -0.309 e. The Labute approximate surface area is 312 Å². The average Bonchev–Trinajstić information content (AvgIpc) is 3.72. The third kappa shape index (κ3) is 4.17. The zero-order valence-electron chi connectivity index (χ0n) is 29.4. The number of para-hydroxylation sites is 2. The molecule has 0 fully saturated rings. The van der Waals surface area contributed by atoms with Gasteiger partial charge in [0.2, 0.25) is 0 Å². The Morgan fingerprint density at radius 2 is 0.833 bits per heavy atom. The largest absolute Gasteiger partial charge is 0.309 e. The molecule has 0 amide bonds. The molecule has 0 saturated heterocycles. The van der Waals surface area contributed by atoms with Crippen LogP contribution in [0.5, 0.6) is 0 Å². The highest BCUT2D eigenvalue weighted by Gasteiger charge is 2.26. The van der Waals surface area contributed by atoms with Crippen molar-refractivity contribution in [1.82, 2.24) is 9.13 Å². The van der Waals surface area contributed by atoms with Gasteiger partial charge in [-0.1, -0.05) is 133 Å². The molecule has 0 N–H and O–H groups in total. The summed E-state index contributed by atoms with van der Waals surface area (Å²) in [6, 6.07) is 71.6. The minimum atomic E-state index is 1.16. The topological polar surface area (TPSA) is 9.86 Å². The van der Waals surface area contributed by atoms with Gasteiger partial charge in [0, 0.05) is 38.4 Å². The number of fused-ring (bicyclic) bond motifs is 12. The molecular formula is C52H32N2. The van der Waals surface area contributed by atoms with Gasteiger partial charge in [-0.2, -0.15) is 0 Å². The quantitative estimate of drug-likeness (QED) is 0.175. The van der Waals surface area contributed by atoms with Crippen LogP contribution in [0.1, 0.15) is 0 Å². The highest BCUT2D eigenvalue weighted by atomic mass is 15.0. The number of nitrogens with zero attached hydrogens (tertiary/aromatic N) is 2. The molecule has 0 saturated carbocycles. The smallest absolute Gasteiger partial charge is 0.0620 e. The summed E-state index contributed by atoms with van der Waals surface area (Å²) in [5.74, 6) is 0. The average molecular weight is 685 g/mol. The Morgan fingerprint density at radius 3 is 1.61 bits per heavy atom. The monoisotopic (exact) mass is 684 g/mol. The molecule has 2 nitrogen and oxygen atoms in total. The van der Waals surface area contributed by atoms with Gasteiger partial charge >= 0.3 is 0 Å². The van der Waals surface area contributed by atoms with Crippen LogP contribution in [0.25, 0.3) is 110 Å². The van der Waals surface area contributed by atoms with E-state index in [1.54, 1.807) is 0 Å². The lowest BCUT2D eigenvalue weighted by Gasteiger charge is -2.14. The lowest BCUT2D eigenvalue weighted by Crippen LogP contribution is -1.96. The molecule has 2 aromatic heterocycles. The summed E-state index contributed by atoms with van der Waals surface area (Å²) >= 11 is 0. The summed E-state index contributed by atoms with van der Waals surface area (Å²) in [4.78, 5) is 0. The van der Waals surface area contributed by atoms with E-state index in [0.29, 0.717) is 0 Å². The Hall–Kier alpha value is -7.16. The van der Waals surface area contributed by atoms with Crippen LogP contribution in [0.2, 0.25) is 0 Å². The molecule has 0 aliphatic carbocycles. The van der Waals surface area contributed by atoms with Crippen LogP contribution < -0.4 is 0 Å². The molecule has 0 radical (unpaired) electrons. The lowest BCUT2D eigenvalue weighted by molar-refractivity contribution is 1.18. The van der Waals surface area contributed by atoms with Crippen LogP contribution >= 0.6 is 0 Å². The lowest BCUT2D eigenvalue weighted by atomic mass is 9.90. The van der Waals surface area contributed by atoms with Gasteiger partial charge in [-0.3, -0.25) is 0 Å². The number of rotatable bonds is 3. The Balaban J connectivity index is 1.10. The van der Waals surface area contributed by atoms with Gasteiger partial charge in [0.15, 0.2) is 0 Å². The molecule has 0 atom stereocenters. The molecule has 1 aliphatic rings. The number of benzene rings is 9. The van der Waals surface area contributed by atoms with Crippen molar-refractivity contribution in [3.05, 3.63) is 194 Å². The van der Waals surface area contributed by atoms with Crippen molar-refractivity contribution in [2.24, 2.45) is 0 Å². The molecule has 250 valence electrons. The summed E-state index contributed by atoms with van der Waals surface area (Å²) < 4.78 is 4.93. The van der Waals surface area contributed by atoms with E-state index in [4.69, 9.17) is 0 Å². The van der Waals surface area contributed by atoms with Gasteiger partial charge in [0.1, 0.15) is 0 Å². The van der Waals surface area contributed by atoms with Crippen LogP contribution in [0.15, 0.2) is 194 Å². The predicted octanol–water partition coefficient (Wildman–Crippen LogP) is 14.0. The fourth-order valence-corrected chi connectivity index (χ4v) is 9.17. The van der Waals surface area contributed by atoms with E-state index in [9.17, 15) is 0 Å². The molecule has 1 aliphatic heterocycles. The second-order valence-corrected chi connectivity index (χ2v) is 14.5. The van der Waals surface area contributed by atoms with Crippen LogP contribution in [0.4, 0.5) is 0 Å². The summed E-state index contributed by atoms with van der Waals surface area (Å²) in [6.45, 7) is 0. The number of hydrogen-bond acceptors (Lipinski definition) is 0. The van der Waals surface area contributed by atoms with E-state index in [-0.39, 0.29) is 0 Å². The summed E-state index contributed by atoms with van der Waals surface area (Å²) in [7, 11) is 0. The van der Waals surface area contributed by atoms with Crippen molar-refractivity contribution < 1.29 is 0 Å². The van der Waals surface area contributed by atoms with E-state index < -0.39 is 0 Å². The molecule has 9 aromatic carbocycles. The van der Waals surface area contributed by atoms with Gasteiger partial charge in [0.05, 0.1) is 27.8 Å². The van der Waals surface area contributed by atoms with Gasteiger partial charge in [-0.05, 0) is 105 Å². The number of aromatic nitrogens is 2. The predicted molar refractivity (Wildman–Crippen MR) is 228 cm³/mol. The first-order valence-electron chi connectivity index (χ1n) is 18.7. The fraction of sp³-hybridized carbons (Fsp3) is 0. The zero-order valence-corrected chi connectivity index (χ0v) is 29.4.